The highest BCUT2D eigenvalue weighted by Crippen LogP contribution is 2.32. The number of nitrogens with one attached hydrogen (secondary N) is 2. The van der Waals surface area contributed by atoms with E-state index in [1.165, 1.54) is 0 Å². The van der Waals surface area contributed by atoms with Gasteiger partial charge in [0.1, 0.15) is 0 Å². The van der Waals surface area contributed by atoms with Crippen molar-refractivity contribution >= 4 is 17.6 Å². The van der Waals surface area contributed by atoms with Crippen LogP contribution < -0.4 is 20.1 Å². The molecule has 2 aromatic rings. The number of anilines is 1. The normalized spacial score (nSPS) is 11.9. The number of carbonyl (C=O) groups excluding carboxylic acids is 2. The molecule has 0 radical (unpaired) electrons. The fourth-order valence-electron chi connectivity index (χ4n) is 2.68. The Balaban J connectivity index is 1.46. The minimum atomic E-state index is -0.450. The second kappa shape index (κ2) is 9.05. The molecule has 0 saturated heterocycles. The van der Waals surface area contributed by atoms with E-state index < -0.39 is 5.97 Å². The topological polar surface area (TPSA) is 85.9 Å². The molecule has 7 heteroatoms. The molecule has 27 heavy (non-hydrogen) atoms. The van der Waals surface area contributed by atoms with Crippen LogP contribution >= 0.6 is 0 Å². The molecule has 0 aliphatic carbocycles. The minimum Gasteiger partial charge on any atom is -0.462 e. The van der Waals surface area contributed by atoms with Gasteiger partial charge in [-0.3, -0.25) is 4.79 Å². The fourth-order valence-corrected chi connectivity index (χ4v) is 2.68. The van der Waals surface area contributed by atoms with Crippen molar-refractivity contribution in [1.29, 1.82) is 0 Å². The van der Waals surface area contributed by atoms with Gasteiger partial charge in [-0.1, -0.05) is 18.2 Å². The van der Waals surface area contributed by atoms with Crippen molar-refractivity contribution < 1.29 is 23.8 Å². The fraction of sp³-hybridized carbons (Fsp3) is 0.300. The number of benzene rings is 2. The monoisotopic (exact) mass is 370 g/mol. The summed E-state index contributed by atoms with van der Waals surface area (Å²) in [6.07, 6.45) is 0.279. The Hall–Kier alpha value is -3.06. The first-order valence-corrected chi connectivity index (χ1v) is 8.82. The summed E-state index contributed by atoms with van der Waals surface area (Å²) in [6.45, 7) is 3.39. The van der Waals surface area contributed by atoms with Gasteiger partial charge in [-0.2, -0.15) is 0 Å². The molecule has 0 saturated carbocycles. The summed E-state index contributed by atoms with van der Waals surface area (Å²) >= 11 is 0. The van der Waals surface area contributed by atoms with Crippen LogP contribution in [0.25, 0.3) is 0 Å². The molecule has 0 spiro atoms. The second-order valence-electron chi connectivity index (χ2n) is 5.93. The predicted molar refractivity (Wildman–Crippen MR) is 99.9 cm³/mol. The molecule has 0 fully saturated rings. The minimum absolute atomic E-state index is 0.176. The van der Waals surface area contributed by atoms with E-state index in [9.17, 15) is 9.59 Å². The first kappa shape index (κ1) is 18.7. The number of ether oxygens (including phenoxy) is 3. The standard InChI is InChI=1S/C20H22N2O5/c1-2-25-20(24)15-5-3-4-6-16(15)22-19(23)9-10-21-12-14-7-8-17-18(11-14)27-13-26-17/h3-8,11,21H,2,9-10,12-13H2,1H3,(H,22,23). The first-order chi connectivity index (χ1) is 13.2. The molecule has 1 aliphatic heterocycles. The van der Waals surface area contributed by atoms with E-state index in [-0.39, 0.29) is 25.7 Å². The van der Waals surface area contributed by atoms with Crippen LogP contribution in [0, 0.1) is 0 Å². The van der Waals surface area contributed by atoms with Gasteiger partial charge in [-0.15, -0.1) is 0 Å². The molecule has 0 atom stereocenters. The number of amides is 1. The van der Waals surface area contributed by atoms with Crippen LogP contribution in [-0.2, 0) is 16.1 Å². The van der Waals surface area contributed by atoms with Crippen LogP contribution in [-0.4, -0.2) is 31.8 Å². The highest BCUT2D eigenvalue weighted by molar-refractivity contribution is 6.01. The summed E-state index contributed by atoms with van der Waals surface area (Å²) in [6, 6.07) is 12.6. The van der Waals surface area contributed by atoms with Gasteiger partial charge >= 0.3 is 5.97 Å². The summed E-state index contributed by atoms with van der Waals surface area (Å²) in [5.41, 5.74) is 1.85. The largest absolute Gasteiger partial charge is 0.462 e. The summed E-state index contributed by atoms with van der Waals surface area (Å²) in [7, 11) is 0. The van der Waals surface area contributed by atoms with E-state index >= 15 is 0 Å². The van der Waals surface area contributed by atoms with E-state index in [1.807, 2.05) is 18.2 Å². The SMILES string of the molecule is CCOC(=O)c1ccccc1NC(=O)CCNCc1ccc2c(c1)OCO2. The Morgan fingerprint density at radius 2 is 1.93 bits per heavy atom. The van der Waals surface area contributed by atoms with Gasteiger partial charge < -0.3 is 24.8 Å². The van der Waals surface area contributed by atoms with Crippen molar-refractivity contribution in [2.75, 3.05) is 25.3 Å². The smallest absolute Gasteiger partial charge is 0.340 e. The maximum absolute atomic E-state index is 12.2. The van der Waals surface area contributed by atoms with Gasteiger partial charge in [0, 0.05) is 19.5 Å². The van der Waals surface area contributed by atoms with Crippen molar-refractivity contribution in [3.05, 3.63) is 53.6 Å². The zero-order valence-electron chi connectivity index (χ0n) is 15.1. The Morgan fingerprint density at radius 1 is 1.11 bits per heavy atom. The highest BCUT2D eigenvalue weighted by Gasteiger charge is 2.14. The highest BCUT2D eigenvalue weighted by atomic mass is 16.7. The van der Waals surface area contributed by atoms with Crippen LogP contribution in [0.4, 0.5) is 5.69 Å². The van der Waals surface area contributed by atoms with Gasteiger partial charge in [0.2, 0.25) is 12.7 Å². The van der Waals surface area contributed by atoms with Crippen molar-refractivity contribution in [2.24, 2.45) is 0 Å². The molecule has 1 aliphatic rings. The molecule has 7 nitrogen and oxygen atoms in total. The lowest BCUT2D eigenvalue weighted by Crippen LogP contribution is -2.22. The molecular formula is C20H22N2O5. The molecule has 3 rings (SSSR count). The molecule has 0 aromatic heterocycles. The van der Waals surface area contributed by atoms with E-state index in [0.717, 1.165) is 17.1 Å². The van der Waals surface area contributed by atoms with Gasteiger partial charge in [0.05, 0.1) is 17.9 Å². The van der Waals surface area contributed by atoms with Crippen molar-refractivity contribution in [2.45, 2.75) is 19.9 Å². The molecule has 1 heterocycles. The Bertz CT molecular complexity index is 822. The van der Waals surface area contributed by atoms with Crippen molar-refractivity contribution in [3.63, 3.8) is 0 Å². The first-order valence-electron chi connectivity index (χ1n) is 8.82. The number of esters is 1. The Kier molecular flexibility index (Phi) is 6.27. The van der Waals surface area contributed by atoms with E-state index in [1.54, 1.807) is 31.2 Å². The van der Waals surface area contributed by atoms with E-state index in [0.29, 0.717) is 24.3 Å². The van der Waals surface area contributed by atoms with Gasteiger partial charge in [-0.25, -0.2) is 4.79 Å². The van der Waals surface area contributed by atoms with Crippen molar-refractivity contribution in [1.82, 2.24) is 5.32 Å². The summed E-state index contributed by atoms with van der Waals surface area (Å²) < 4.78 is 15.6. The average molecular weight is 370 g/mol. The number of para-hydroxylation sites is 1. The van der Waals surface area contributed by atoms with Crippen LogP contribution in [0.15, 0.2) is 42.5 Å². The summed E-state index contributed by atoms with van der Waals surface area (Å²) in [5.74, 6) is 0.861. The lowest BCUT2D eigenvalue weighted by Gasteiger charge is -2.11. The second-order valence-corrected chi connectivity index (χ2v) is 5.93. The van der Waals surface area contributed by atoms with Crippen LogP contribution in [0.1, 0.15) is 29.3 Å². The average Bonchev–Trinajstić information content (AvgIpc) is 3.14. The predicted octanol–water partition coefficient (Wildman–Crippen LogP) is 2.71. The molecule has 142 valence electrons. The molecular weight excluding hydrogens is 348 g/mol. The molecule has 2 aromatic carbocycles. The van der Waals surface area contributed by atoms with Gasteiger partial charge in [-0.05, 0) is 36.8 Å². The zero-order valence-corrected chi connectivity index (χ0v) is 15.1. The lowest BCUT2D eigenvalue weighted by atomic mass is 10.1. The quantitative estimate of drug-likeness (QED) is 0.549. The summed E-state index contributed by atoms with van der Waals surface area (Å²) in [5, 5.41) is 5.98. The number of carbonyl (C=O) groups is 2. The molecule has 2 N–H and O–H groups in total. The van der Waals surface area contributed by atoms with E-state index in [4.69, 9.17) is 14.2 Å². The zero-order chi connectivity index (χ0) is 19.1. The van der Waals surface area contributed by atoms with E-state index in [2.05, 4.69) is 10.6 Å². The van der Waals surface area contributed by atoms with Crippen LogP contribution in [0.5, 0.6) is 11.5 Å². The third kappa shape index (κ3) is 4.98. The molecule has 0 bridgehead atoms. The lowest BCUT2D eigenvalue weighted by molar-refractivity contribution is -0.116. The summed E-state index contributed by atoms with van der Waals surface area (Å²) in [4.78, 5) is 24.1. The number of rotatable bonds is 8. The van der Waals surface area contributed by atoms with Gasteiger partial charge in [0.25, 0.3) is 0 Å². The van der Waals surface area contributed by atoms with Crippen LogP contribution in [0.2, 0.25) is 0 Å². The maximum Gasteiger partial charge on any atom is 0.340 e. The maximum atomic E-state index is 12.2. The number of hydrogen-bond donors (Lipinski definition) is 2. The molecule has 0 unspecified atom stereocenters. The van der Waals surface area contributed by atoms with Crippen molar-refractivity contribution in [3.8, 4) is 11.5 Å². The van der Waals surface area contributed by atoms with Gasteiger partial charge in [0.15, 0.2) is 11.5 Å². The Morgan fingerprint density at radius 3 is 2.78 bits per heavy atom. The third-order valence-corrected chi connectivity index (χ3v) is 3.99. The third-order valence-electron chi connectivity index (χ3n) is 3.99. The Labute approximate surface area is 157 Å². The number of fused-ring (bicyclic) bond motifs is 1. The van der Waals surface area contributed by atoms with Crippen LogP contribution in [0.3, 0.4) is 0 Å². The molecule has 1 amide bonds. The number of hydrogen-bond acceptors (Lipinski definition) is 6.